The Morgan fingerprint density at radius 2 is 1.81 bits per heavy atom. The van der Waals surface area contributed by atoms with E-state index in [0.29, 0.717) is 6.61 Å². The highest BCUT2D eigenvalue weighted by atomic mass is 16.5. The molecule has 0 radical (unpaired) electrons. The van der Waals surface area contributed by atoms with Gasteiger partial charge in [-0.25, -0.2) is 0 Å². The van der Waals surface area contributed by atoms with E-state index >= 15 is 0 Å². The van der Waals surface area contributed by atoms with Crippen LogP contribution < -0.4 is 14.2 Å². The van der Waals surface area contributed by atoms with Gasteiger partial charge in [0, 0.05) is 13.1 Å². The second-order valence-electron chi connectivity index (χ2n) is 6.65. The topological polar surface area (TPSA) is 40.2 Å². The molecule has 1 aliphatic heterocycles. The van der Waals surface area contributed by atoms with Crippen molar-refractivity contribution in [3.8, 4) is 17.2 Å². The van der Waals surface area contributed by atoms with Crippen molar-refractivity contribution in [2.45, 2.75) is 19.4 Å². The number of aryl methyl sites for hydroxylation is 1. The SMILES string of the molecule is COc1cccc(COc2c(CCCN3CCOCC3)cccc2OC)c1. The summed E-state index contributed by atoms with van der Waals surface area (Å²) in [5.41, 5.74) is 2.25. The van der Waals surface area contributed by atoms with E-state index in [2.05, 4.69) is 11.0 Å². The van der Waals surface area contributed by atoms with Gasteiger partial charge in [-0.15, -0.1) is 0 Å². The molecule has 1 saturated heterocycles. The molecule has 5 heteroatoms. The largest absolute Gasteiger partial charge is 0.497 e. The van der Waals surface area contributed by atoms with Crippen LogP contribution in [-0.2, 0) is 17.8 Å². The fourth-order valence-corrected chi connectivity index (χ4v) is 3.32. The molecule has 0 saturated carbocycles. The van der Waals surface area contributed by atoms with Crippen LogP contribution >= 0.6 is 0 Å². The normalized spacial score (nSPS) is 14.7. The number of methoxy groups -OCH3 is 2. The molecule has 0 spiro atoms. The summed E-state index contributed by atoms with van der Waals surface area (Å²) in [6.07, 6.45) is 2.05. The molecule has 0 bridgehead atoms. The van der Waals surface area contributed by atoms with E-state index in [1.165, 1.54) is 5.56 Å². The summed E-state index contributed by atoms with van der Waals surface area (Å²) in [4.78, 5) is 2.46. The van der Waals surface area contributed by atoms with Crippen LogP contribution in [0.3, 0.4) is 0 Å². The van der Waals surface area contributed by atoms with Crippen LogP contribution in [0, 0.1) is 0 Å². The van der Waals surface area contributed by atoms with Gasteiger partial charge in [-0.3, -0.25) is 4.90 Å². The van der Waals surface area contributed by atoms with Crippen LogP contribution in [0.4, 0.5) is 0 Å². The summed E-state index contributed by atoms with van der Waals surface area (Å²) in [5, 5.41) is 0. The molecule has 2 aromatic rings. The summed E-state index contributed by atoms with van der Waals surface area (Å²) in [6.45, 7) is 5.29. The Hall–Kier alpha value is -2.24. The van der Waals surface area contributed by atoms with Crippen LogP contribution in [0.5, 0.6) is 17.2 Å². The number of rotatable bonds is 9. The second-order valence-corrected chi connectivity index (χ2v) is 6.65. The Bertz CT molecular complexity index is 713. The average Bonchev–Trinajstić information content (AvgIpc) is 2.73. The molecule has 0 aliphatic carbocycles. The third-order valence-electron chi connectivity index (χ3n) is 4.82. The van der Waals surface area contributed by atoms with E-state index in [1.54, 1.807) is 14.2 Å². The van der Waals surface area contributed by atoms with Crippen LogP contribution in [0.15, 0.2) is 42.5 Å². The second kappa shape index (κ2) is 10.2. The van der Waals surface area contributed by atoms with E-state index in [1.807, 2.05) is 36.4 Å². The van der Waals surface area contributed by atoms with Gasteiger partial charge in [0.25, 0.3) is 0 Å². The fraction of sp³-hybridized carbons (Fsp3) is 0.455. The van der Waals surface area contributed by atoms with Crippen molar-refractivity contribution < 1.29 is 18.9 Å². The summed E-state index contributed by atoms with van der Waals surface area (Å²) in [5.74, 6) is 2.45. The smallest absolute Gasteiger partial charge is 0.164 e. The summed E-state index contributed by atoms with van der Waals surface area (Å²) in [6, 6.07) is 14.0. The van der Waals surface area contributed by atoms with E-state index in [0.717, 1.165) is 68.5 Å². The monoisotopic (exact) mass is 371 g/mol. The molecule has 1 fully saturated rings. The predicted molar refractivity (Wildman–Crippen MR) is 106 cm³/mol. The van der Waals surface area contributed by atoms with Gasteiger partial charge in [0.05, 0.1) is 27.4 Å². The van der Waals surface area contributed by atoms with Crippen LogP contribution in [-0.4, -0.2) is 52.0 Å². The lowest BCUT2D eigenvalue weighted by atomic mass is 10.1. The van der Waals surface area contributed by atoms with Crippen molar-refractivity contribution in [2.75, 3.05) is 47.1 Å². The highest BCUT2D eigenvalue weighted by Crippen LogP contribution is 2.33. The van der Waals surface area contributed by atoms with Crippen LogP contribution in [0.1, 0.15) is 17.5 Å². The maximum absolute atomic E-state index is 6.17. The van der Waals surface area contributed by atoms with Gasteiger partial charge < -0.3 is 18.9 Å². The lowest BCUT2D eigenvalue weighted by Crippen LogP contribution is -2.36. The minimum atomic E-state index is 0.480. The van der Waals surface area contributed by atoms with Crippen LogP contribution in [0.25, 0.3) is 0 Å². The first-order chi connectivity index (χ1) is 13.3. The lowest BCUT2D eigenvalue weighted by Gasteiger charge is -2.26. The highest BCUT2D eigenvalue weighted by molar-refractivity contribution is 5.47. The number of hydrogen-bond donors (Lipinski definition) is 0. The molecule has 0 atom stereocenters. The first kappa shape index (κ1) is 19.5. The van der Waals surface area contributed by atoms with E-state index in [4.69, 9.17) is 18.9 Å². The minimum absolute atomic E-state index is 0.480. The van der Waals surface area contributed by atoms with Gasteiger partial charge in [0.2, 0.25) is 0 Å². The Morgan fingerprint density at radius 3 is 2.59 bits per heavy atom. The zero-order valence-electron chi connectivity index (χ0n) is 16.3. The molecule has 1 aliphatic rings. The van der Waals surface area contributed by atoms with Crippen LogP contribution in [0.2, 0.25) is 0 Å². The molecule has 27 heavy (non-hydrogen) atoms. The minimum Gasteiger partial charge on any atom is -0.497 e. The van der Waals surface area contributed by atoms with Crippen molar-refractivity contribution in [3.05, 3.63) is 53.6 Å². The zero-order chi connectivity index (χ0) is 18.9. The Kier molecular flexibility index (Phi) is 7.36. The van der Waals surface area contributed by atoms with E-state index in [9.17, 15) is 0 Å². The number of benzene rings is 2. The van der Waals surface area contributed by atoms with Crippen molar-refractivity contribution in [3.63, 3.8) is 0 Å². The standard InChI is InChI=1S/C22H29NO4/c1-24-20-9-3-6-18(16-20)17-27-22-19(7-4-10-21(22)25-2)8-5-11-23-12-14-26-15-13-23/h3-4,6-7,9-10,16H,5,8,11-15,17H2,1-2H3. The molecule has 5 nitrogen and oxygen atoms in total. The van der Waals surface area contributed by atoms with Gasteiger partial charge in [0.1, 0.15) is 12.4 Å². The molecular formula is C22H29NO4. The molecular weight excluding hydrogens is 342 g/mol. The summed E-state index contributed by atoms with van der Waals surface area (Å²) in [7, 11) is 3.36. The third-order valence-corrected chi connectivity index (χ3v) is 4.82. The molecule has 0 unspecified atom stereocenters. The van der Waals surface area contributed by atoms with Gasteiger partial charge >= 0.3 is 0 Å². The Morgan fingerprint density at radius 1 is 1.00 bits per heavy atom. The van der Waals surface area contributed by atoms with Crippen molar-refractivity contribution in [2.24, 2.45) is 0 Å². The highest BCUT2D eigenvalue weighted by Gasteiger charge is 2.13. The molecule has 1 heterocycles. The van der Waals surface area contributed by atoms with E-state index < -0.39 is 0 Å². The maximum Gasteiger partial charge on any atom is 0.164 e. The molecule has 146 valence electrons. The zero-order valence-corrected chi connectivity index (χ0v) is 16.3. The first-order valence-electron chi connectivity index (χ1n) is 9.52. The Labute approximate surface area is 161 Å². The number of para-hydroxylation sites is 1. The molecule has 0 N–H and O–H groups in total. The van der Waals surface area contributed by atoms with Crippen molar-refractivity contribution in [1.82, 2.24) is 4.90 Å². The number of hydrogen-bond acceptors (Lipinski definition) is 5. The first-order valence-corrected chi connectivity index (χ1v) is 9.52. The van der Waals surface area contributed by atoms with Gasteiger partial charge in [-0.2, -0.15) is 0 Å². The quantitative estimate of drug-likeness (QED) is 0.674. The Balaban J connectivity index is 1.63. The maximum atomic E-state index is 6.17. The third kappa shape index (κ3) is 5.62. The van der Waals surface area contributed by atoms with E-state index in [-0.39, 0.29) is 0 Å². The predicted octanol–water partition coefficient (Wildman–Crippen LogP) is 3.55. The summed E-state index contributed by atoms with van der Waals surface area (Å²) < 4.78 is 22.4. The molecule has 3 rings (SSSR count). The summed E-state index contributed by atoms with van der Waals surface area (Å²) >= 11 is 0. The molecule has 0 aromatic heterocycles. The number of ether oxygens (including phenoxy) is 4. The average molecular weight is 371 g/mol. The van der Waals surface area contributed by atoms with Gasteiger partial charge in [-0.1, -0.05) is 24.3 Å². The van der Waals surface area contributed by atoms with Gasteiger partial charge in [0.15, 0.2) is 11.5 Å². The number of nitrogens with zero attached hydrogens (tertiary/aromatic N) is 1. The molecule has 0 amide bonds. The number of morpholine rings is 1. The fourth-order valence-electron chi connectivity index (χ4n) is 3.32. The molecule has 2 aromatic carbocycles. The van der Waals surface area contributed by atoms with Crippen molar-refractivity contribution in [1.29, 1.82) is 0 Å². The lowest BCUT2D eigenvalue weighted by molar-refractivity contribution is 0.0374. The van der Waals surface area contributed by atoms with Crippen molar-refractivity contribution >= 4 is 0 Å². The van der Waals surface area contributed by atoms with Gasteiger partial charge in [-0.05, 0) is 48.7 Å².